The van der Waals surface area contributed by atoms with Gasteiger partial charge >= 0.3 is 0 Å². The molecule has 0 heterocycles. The lowest BCUT2D eigenvalue weighted by atomic mass is 10.1. The molecule has 0 aliphatic carbocycles. The first-order valence-electron chi connectivity index (χ1n) is 6.82. The molecule has 0 fully saturated rings. The highest BCUT2D eigenvalue weighted by molar-refractivity contribution is 7.92. The zero-order chi connectivity index (χ0) is 17.2. The molecule has 0 aliphatic heterocycles. The van der Waals surface area contributed by atoms with E-state index in [4.69, 9.17) is 0 Å². The second-order valence-corrected chi connectivity index (χ2v) is 6.91. The number of halogens is 1. The average Bonchev–Trinajstić information content (AvgIpc) is 2.46. The van der Waals surface area contributed by atoms with Crippen molar-refractivity contribution in [3.63, 3.8) is 0 Å². The van der Waals surface area contributed by atoms with Gasteiger partial charge in [-0.05, 0) is 42.8 Å². The van der Waals surface area contributed by atoms with Gasteiger partial charge in [-0.2, -0.15) is 0 Å². The number of benzene rings is 2. The Balaban J connectivity index is 2.44. The summed E-state index contributed by atoms with van der Waals surface area (Å²) in [5, 5.41) is 0. The summed E-state index contributed by atoms with van der Waals surface area (Å²) in [6.07, 6.45) is 0. The van der Waals surface area contributed by atoms with E-state index in [1.165, 1.54) is 30.0 Å². The summed E-state index contributed by atoms with van der Waals surface area (Å²) in [6.45, 7) is 1.51. The van der Waals surface area contributed by atoms with Crippen LogP contribution in [-0.4, -0.2) is 33.3 Å². The molecule has 0 saturated heterocycles. The molecule has 2 aromatic carbocycles. The first kappa shape index (κ1) is 17.0. The number of amides is 1. The van der Waals surface area contributed by atoms with E-state index in [0.29, 0.717) is 0 Å². The molecule has 0 aliphatic rings. The van der Waals surface area contributed by atoms with E-state index >= 15 is 0 Å². The molecule has 5 nitrogen and oxygen atoms in total. The lowest BCUT2D eigenvalue weighted by Gasteiger charge is -2.16. The molecule has 1 amide bonds. The Bertz CT molecular complexity index is 848. The van der Waals surface area contributed by atoms with Crippen molar-refractivity contribution in [2.45, 2.75) is 11.8 Å². The number of hydrogen-bond acceptors (Lipinski definition) is 3. The number of para-hydroxylation sites is 1. The van der Waals surface area contributed by atoms with Gasteiger partial charge in [-0.25, -0.2) is 12.8 Å². The average molecular weight is 336 g/mol. The maximum atomic E-state index is 13.2. The summed E-state index contributed by atoms with van der Waals surface area (Å²) in [4.78, 5) is 13.5. The first-order valence-corrected chi connectivity index (χ1v) is 8.30. The molecular weight excluding hydrogens is 319 g/mol. The van der Waals surface area contributed by atoms with Crippen molar-refractivity contribution in [3.05, 3.63) is 59.4 Å². The van der Waals surface area contributed by atoms with Crippen molar-refractivity contribution in [3.8, 4) is 0 Å². The van der Waals surface area contributed by atoms with Crippen LogP contribution in [0.2, 0.25) is 0 Å². The fourth-order valence-electron chi connectivity index (χ4n) is 2.11. The summed E-state index contributed by atoms with van der Waals surface area (Å²) in [6, 6.07) is 9.75. The van der Waals surface area contributed by atoms with Gasteiger partial charge in [0.1, 0.15) is 5.82 Å². The molecule has 7 heteroatoms. The first-order chi connectivity index (χ1) is 10.7. The van der Waals surface area contributed by atoms with Crippen LogP contribution in [0.3, 0.4) is 0 Å². The van der Waals surface area contributed by atoms with E-state index in [9.17, 15) is 17.6 Å². The monoisotopic (exact) mass is 336 g/mol. The highest BCUT2D eigenvalue weighted by Gasteiger charge is 2.21. The summed E-state index contributed by atoms with van der Waals surface area (Å²) < 4.78 is 40.6. The Morgan fingerprint density at radius 2 is 1.78 bits per heavy atom. The highest BCUT2D eigenvalue weighted by Crippen LogP contribution is 2.23. The van der Waals surface area contributed by atoms with Gasteiger partial charge in [-0.15, -0.1) is 0 Å². The molecule has 0 radical (unpaired) electrons. The molecule has 0 unspecified atom stereocenters. The van der Waals surface area contributed by atoms with E-state index < -0.39 is 15.8 Å². The van der Waals surface area contributed by atoms with Gasteiger partial charge in [0, 0.05) is 14.1 Å². The number of carbonyl (C=O) groups excluding carboxylic acids is 1. The lowest BCUT2D eigenvalue weighted by molar-refractivity contribution is 0.0828. The van der Waals surface area contributed by atoms with Crippen LogP contribution in [-0.2, 0) is 10.0 Å². The number of carbonyl (C=O) groups is 1. The second-order valence-electron chi connectivity index (χ2n) is 5.26. The third kappa shape index (κ3) is 3.68. The summed E-state index contributed by atoms with van der Waals surface area (Å²) in [5.74, 6) is -0.830. The van der Waals surface area contributed by atoms with E-state index in [-0.39, 0.29) is 27.6 Å². The minimum absolute atomic E-state index is 0.0361. The van der Waals surface area contributed by atoms with Crippen molar-refractivity contribution >= 4 is 21.6 Å². The van der Waals surface area contributed by atoms with Crippen molar-refractivity contribution in [1.82, 2.24) is 4.90 Å². The van der Waals surface area contributed by atoms with Crippen molar-refractivity contribution in [1.29, 1.82) is 0 Å². The minimum atomic E-state index is -3.93. The number of nitrogens with one attached hydrogen (secondary N) is 1. The Morgan fingerprint density at radius 3 is 2.39 bits per heavy atom. The van der Waals surface area contributed by atoms with Crippen LogP contribution >= 0.6 is 0 Å². The number of rotatable bonds is 4. The topological polar surface area (TPSA) is 66.5 Å². The van der Waals surface area contributed by atoms with Gasteiger partial charge < -0.3 is 4.90 Å². The largest absolute Gasteiger partial charge is 0.345 e. The van der Waals surface area contributed by atoms with E-state index in [2.05, 4.69) is 4.72 Å². The summed E-state index contributed by atoms with van der Waals surface area (Å²) in [7, 11) is -0.768. The van der Waals surface area contributed by atoms with Crippen LogP contribution in [0.25, 0.3) is 0 Å². The van der Waals surface area contributed by atoms with Crippen LogP contribution in [0.5, 0.6) is 0 Å². The zero-order valence-electron chi connectivity index (χ0n) is 13.0. The van der Waals surface area contributed by atoms with E-state index in [0.717, 1.165) is 12.1 Å². The summed E-state index contributed by atoms with van der Waals surface area (Å²) in [5.41, 5.74) is 0.699. The molecule has 0 saturated carbocycles. The third-order valence-corrected chi connectivity index (χ3v) is 4.76. The highest BCUT2D eigenvalue weighted by atomic mass is 32.2. The van der Waals surface area contributed by atoms with Crippen LogP contribution in [0.4, 0.5) is 10.1 Å². The number of anilines is 1. The molecule has 0 spiro atoms. The number of aryl methyl sites for hydroxylation is 1. The maximum absolute atomic E-state index is 13.2. The quantitative estimate of drug-likeness (QED) is 0.933. The normalized spacial score (nSPS) is 11.1. The lowest BCUT2D eigenvalue weighted by Crippen LogP contribution is -2.24. The fourth-order valence-corrected chi connectivity index (χ4v) is 3.42. The van der Waals surface area contributed by atoms with E-state index in [1.807, 2.05) is 0 Å². The SMILES string of the molecule is Cc1cc(F)ccc1S(=O)(=O)Nc1ccccc1C(=O)N(C)C. The molecule has 0 aromatic heterocycles. The zero-order valence-corrected chi connectivity index (χ0v) is 13.8. The second kappa shape index (κ2) is 6.37. The summed E-state index contributed by atoms with van der Waals surface area (Å²) >= 11 is 0. The van der Waals surface area contributed by atoms with Gasteiger partial charge in [-0.1, -0.05) is 12.1 Å². The van der Waals surface area contributed by atoms with Crippen LogP contribution in [0, 0.1) is 12.7 Å². The van der Waals surface area contributed by atoms with Gasteiger partial charge in [0.2, 0.25) is 0 Å². The van der Waals surface area contributed by atoms with Gasteiger partial charge in [-0.3, -0.25) is 9.52 Å². The molecular formula is C16H17FN2O3S. The molecule has 23 heavy (non-hydrogen) atoms. The number of sulfonamides is 1. The molecule has 1 N–H and O–H groups in total. The Hall–Kier alpha value is -2.41. The van der Waals surface area contributed by atoms with Crippen LogP contribution in [0.15, 0.2) is 47.4 Å². The number of nitrogens with zero attached hydrogens (tertiary/aromatic N) is 1. The van der Waals surface area contributed by atoms with Crippen LogP contribution < -0.4 is 4.72 Å². The molecule has 2 rings (SSSR count). The minimum Gasteiger partial charge on any atom is -0.345 e. The fraction of sp³-hybridized carbons (Fsp3) is 0.188. The maximum Gasteiger partial charge on any atom is 0.262 e. The molecule has 122 valence electrons. The third-order valence-electron chi connectivity index (χ3n) is 3.23. The predicted molar refractivity (Wildman–Crippen MR) is 86.4 cm³/mol. The van der Waals surface area contributed by atoms with Crippen molar-refractivity contribution < 1.29 is 17.6 Å². The van der Waals surface area contributed by atoms with Gasteiger partial charge in [0.15, 0.2) is 0 Å². The molecule has 0 atom stereocenters. The van der Waals surface area contributed by atoms with Gasteiger partial charge in [0.05, 0.1) is 16.1 Å². The van der Waals surface area contributed by atoms with E-state index in [1.54, 1.807) is 26.2 Å². The standard InChI is InChI=1S/C16H17FN2O3S/c1-11-10-12(17)8-9-15(11)23(21,22)18-14-7-5-4-6-13(14)16(20)19(2)3/h4-10,18H,1-3H3. The Labute approximate surface area is 134 Å². The van der Waals surface area contributed by atoms with Gasteiger partial charge in [0.25, 0.3) is 15.9 Å². The number of hydrogen-bond donors (Lipinski definition) is 1. The molecule has 2 aromatic rings. The predicted octanol–water partition coefficient (Wildman–Crippen LogP) is 2.64. The van der Waals surface area contributed by atoms with Crippen molar-refractivity contribution in [2.75, 3.05) is 18.8 Å². The Morgan fingerprint density at radius 1 is 1.13 bits per heavy atom. The van der Waals surface area contributed by atoms with Crippen molar-refractivity contribution in [2.24, 2.45) is 0 Å². The smallest absolute Gasteiger partial charge is 0.262 e. The Kier molecular flexibility index (Phi) is 4.70. The van der Waals surface area contributed by atoms with Crippen LogP contribution in [0.1, 0.15) is 15.9 Å². The molecule has 0 bridgehead atoms.